The second kappa shape index (κ2) is 21.6. The third kappa shape index (κ3) is 15.3. The number of hydrazine groups is 1. The number of nitrogens with zero attached hydrogens (tertiary/aromatic N) is 3. The van der Waals surface area contributed by atoms with Crippen LogP contribution in [0.5, 0.6) is 0 Å². The molecule has 1 aromatic carbocycles. The fraction of sp³-hybridized carbons (Fsp3) is 0.594. The van der Waals surface area contributed by atoms with Gasteiger partial charge in [-0.2, -0.15) is 0 Å². The number of hydrogen-bond donors (Lipinski definition) is 7. The standard InChI is InChI=1S/C32H50N10O9/c1-4-10-22(39-32(48)51-19-21-11-6-5-7-12-21)27(44)38-24(17-20(2)3)28(45)37-23(13-8-15-35-31(34)40-42(49)50)30(47)41-16-9-14-25(41)29(46)36-18-26(33)43/h5-7,11-12,20,22-25H,4,8-10,13-19H2,1-3H3,(H2,33,43)(H,36,46)(H,37,45)(H,38,44)(H,39,48)(H3,34,35,40)/t22-,23+,24+,25+/m1/s1. The minimum atomic E-state index is -1.19. The maximum absolute atomic E-state index is 13.9. The molecule has 1 aliphatic heterocycles. The molecule has 4 atom stereocenters. The fourth-order valence-electron chi connectivity index (χ4n) is 5.39. The van der Waals surface area contributed by atoms with E-state index < -0.39 is 77.3 Å². The average Bonchev–Trinajstić information content (AvgIpc) is 3.57. The SMILES string of the molecule is CCC[C@@H](NC(=O)OCc1ccccc1)C(=O)N[C@@H](CC(C)C)C(=O)N[C@@H](CCCN=C(N)N[N+](=O)[O-])C(=O)N1CCC[C@H]1C(=O)NCC(N)=O. The van der Waals surface area contributed by atoms with Crippen LogP contribution in [-0.2, 0) is 35.3 Å². The number of alkyl carbamates (subject to hydrolysis) is 1. The van der Waals surface area contributed by atoms with Crippen molar-refractivity contribution in [3.63, 3.8) is 0 Å². The van der Waals surface area contributed by atoms with Crippen LogP contribution in [0.25, 0.3) is 0 Å². The number of amides is 6. The normalized spacial score (nSPS) is 16.0. The van der Waals surface area contributed by atoms with Crippen molar-refractivity contribution in [1.29, 1.82) is 0 Å². The number of carbonyl (C=O) groups is 6. The van der Waals surface area contributed by atoms with Crippen molar-refractivity contribution in [3.05, 3.63) is 46.0 Å². The first-order valence-electron chi connectivity index (χ1n) is 16.9. The number of ether oxygens (including phenoxy) is 1. The van der Waals surface area contributed by atoms with Crippen LogP contribution in [0.3, 0.4) is 0 Å². The van der Waals surface area contributed by atoms with Gasteiger partial charge in [-0.25, -0.2) is 19.9 Å². The molecule has 19 heteroatoms. The molecule has 1 aliphatic rings. The second-order valence-electron chi connectivity index (χ2n) is 12.5. The van der Waals surface area contributed by atoms with Gasteiger partial charge in [-0.15, -0.1) is 0 Å². The Kier molecular flexibility index (Phi) is 17.6. The van der Waals surface area contributed by atoms with E-state index in [4.69, 9.17) is 16.2 Å². The Morgan fingerprint density at radius 3 is 2.29 bits per heavy atom. The van der Waals surface area contributed by atoms with Crippen molar-refractivity contribution in [2.45, 2.75) is 96.5 Å². The van der Waals surface area contributed by atoms with Crippen LogP contribution in [0.2, 0.25) is 0 Å². The zero-order valence-electron chi connectivity index (χ0n) is 29.2. The van der Waals surface area contributed by atoms with Crippen LogP contribution in [0.15, 0.2) is 35.3 Å². The minimum Gasteiger partial charge on any atom is -0.445 e. The lowest BCUT2D eigenvalue weighted by Gasteiger charge is -2.30. The largest absolute Gasteiger partial charge is 0.445 e. The summed E-state index contributed by atoms with van der Waals surface area (Å²) in [5, 5.41) is 20.2. The summed E-state index contributed by atoms with van der Waals surface area (Å²) in [5.41, 5.74) is 13.1. The third-order valence-electron chi connectivity index (χ3n) is 7.77. The molecule has 9 N–H and O–H groups in total. The number of benzene rings is 1. The van der Waals surface area contributed by atoms with Crippen molar-refractivity contribution in [2.75, 3.05) is 19.6 Å². The van der Waals surface area contributed by atoms with Crippen LogP contribution in [0, 0.1) is 16.0 Å². The minimum absolute atomic E-state index is 0.00155. The topological polar surface area (TPSA) is 283 Å². The van der Waals surface area contributed by atoms with Crippen molar-refractivity contribution in [3.8, 4) is 0 Å². The first kappa shape index (κ1) is 41.7. The molecular weight excluding hydrogens is 668 g/mol. The highest BCUT2D eigenvalue weighted by atomic mass is 16.7. The molecule has 6 amide bonds. The van der Waals surface area contributed by atoms with Gasteiger partial charge in [0.05, 0.1) is 6.54 Å². The van der Waals surface area contributed by atoms with E-state index >= 15 is 0 Å². The van der Waals surface area contributed by atoms with Crippen LogP contribution in [0.1, 0.15) is 71.3 Å². The van der Waals surface area contributed by atoms with Gasteiger partial charge in [-0.05, 0) is 50.0 Å². The summed E-state index contributed by atoms with van der Waals surface area (Å²) >= 11 is 0. The molecule has 1 aromatic rings. The van der Waals surface area contributed by atoms with E-state index in [2.05, 4.69) is 26.3 Å². The number of rotatable bonds is 20. The number of likely N-dealkylation sites (tertiary alicyclic amines) is 1. The maximum Gasteiger partial charge on any atom is 0.408 e. The molecule has 0 spiro atoms. The quantitative estimate of drug-likeness (QED) is 0.0298. The maximum atomic E-state index is 13.9. The number of nitrogens with two attached hydrogens (primary N) is 2. The summed E-state index contributed by atoms with van der Waals surface area (Å²) in [6, 6.07) is 4.78. The molecule has 19 nitrogen and oxygen atoms in total. The fourth-order valence-corrected chi connectivity index (χ4v) is 5.39. The van der Waals surface area contributed by atoms with Gasteiger partial charge in [0.15, 0.2) is 5.03 Å². The van der Waals surface area contributed by atoms with Gasteiger partial charge < -0.3 is 42.4 Å². The Bertz CT molecular complexity index is 1390. The molecule has 0 saturated carbocycles. The van der Waals surface area contributed by atoms with Gasteiger partial charge >= 0.3 is 6.09 Å². The molecule has 0 aliphatic carbocycles. The van der Waals surface area contributed by atoms with E-state index in [1.165, 1.54) is 4.90 Å². The summed E-state index contributed by atoms with van der Waals surface area (Å²) < 4.78 is 5.28. The second-order valence-corrected chi connectivity index (χ2v) is 12.5. The van der Waals surface area contributed by atoms with Crippen molar-refractivity contribution < 1.29 is 38.5 Å². The number of aliphatic imine (C=N–C) groups is 1. The smallest absolute Gasteiger partial charge is 0.408 e. The summed E-state index contributed by atoms with van der Waals surface area (Å²) in [7, 11) is 0. The van der Waals surface area contributed by atoms with Gasteiger partial charge in [-0.3, -0.25) is 24.0 Å². The Balaban J connectivity index is 2.22. The Labute approximate surface area is 296 Å². The van der Waals surface area contributed by atoms with Crippen LogP contribution in [-0.4, -0.2) is 95.3 Å². The molecule has 1 heterocycles. The van der Waals surface area contributed by atoms with E-state index in [1.807, 2.05) is 26.8 Å². The van der Waals surface area contributed by atoms with Gasteiger partial charge in [-0.1, -0.05) is 62.9 Å². The number of carbonyl (C=O) groups excluding carboxylic acids is 6. The molecule has 0 bridgehead atoms. The first-order chi connectivity index (χ1) is 24.2. The summed E-state index contributed by atoms with van der Waals surface area (Å²) in [6.07, 6.45) is 1.12. The zero-order valence-corrected chi connectivity index (χ0v) is 29.2. The Morgan fingerprint density at radius 2 is 1.67 bits per heavy atom. The number of primary amides is 1. The van der Waals surface area contributed by atoms with E-state index in [9.17, 15) is 38.9 Å². The highest BCUT2D eigenvalue weighted by molar-refractivity contribution is 5.96. The van der Waals surface area contributed by atoms with Gasteiger partial charge in [0.25, 0.3) is 5.96 Å². The van der Waals surface area contributed by atoms with Crippen molar-refractivity contribution in [2.24, 2.45) is 22.4 Å². The molecule has 0 unspecified atom stereocenters. The lowest BCUT2D eigenvalue weighted by Crippen LogP contribution is -2.58. The van der Waals surface area contributed by atoms with Crippen molar-refractivity contribution >= 4 is 41.6 Å². The molecule has 51 heavy (non-hydrogen) atoms. The Morgan fingerprint density at radius 1 is 1.00 bits per heavy atom. The number of guanidine groups is 1. The first-order valence-corrected chi connectivity index (χ1v) is 16.9. The molecule has 1 fully saturated rings. The van der Waals surface area contributed by atoms with Crippen LogP contribution >= 0.6 is 0 Å². The molecule has 2 rings (SSSR count). The number of hydrogen-bond acceptors (Lipinski definition) is 10. The lowest BCUT2D eigenvalue weighted by molar-refractivity contribution is -0.525. The molecule has 1 saturated heterocycles. The lowest BCUT2D eigenvalue weighted by atomic mass is 10.0. The van der Waals surface area contributed by atoms with Crippen molar-refractivity contribution in [1.82, 2.24) is 31.6 Å². The van der Waals surface area contributed by atoms with E-state index in [-0.39, 0.29) is 51.3 Å². The molecule has 0 radical (unpaired) electrons. The number of nitro groups is 1. The summed E-state index contributed by atoms with van der Waals surface area (Å²) in [6.45, 7) is 5.27. The zero-order chi connectivity index (χ0) is 37.9. The van der Waals surface area contributed by atoms with E-state index in [0.717, 1.165) is 5.56 Å². The predicted molar refractivity (Wildman–Crippen MR) is 185 cm³/mol. The molecular formula is C32H50N10O9. The summed E-state index contributed by atoms with van der Waals surface area (Å²) in [5.74, 6) is -3.73. The van der Waals surface area contributed by atoms with E-state index in [1.54, 1.807) is 29.7 Å². The average molecular weight is 719 g/mol. The monoisotopic (exact) mass is 718 g/mol. The van der Waals surface area contributed by atoms with Gasteiger partial charge in [0.1, 0.15) is 30.8 Å². The van der Waals surface area contributed by atoms with Crippen LogP contribution < -0.4 is 38.2 Å². The third-order valence-corrected chi connectivity index (χ3v) is 7.77. The highest BCUT2D eigenvalue weighted by Crippen LogP contribution is 2.20. The van der Waals surface area contributed by atoms with Crippen LogP contribution in [0.4, 0.5) is 4.79 Å². The van der Waals surface area contributed by atoms with Gasteiger partial charge in [0, 0.05) is 13.1 Å². The molecule has 0 aromatic heterocycles. The van der Waals surface area contributed by atoms with E-state index in [0.29, 0.717) is 19.3 Å². The highest BCUT2D eigenvalue weighted by Gasteiger charge is 2.38. The number of nitrogens with one attached hydrogen (secondary N) is 5. The molecule has 282 valence electrons. The van der Waals surface area contributed by atoms with Gasteiger partial charge in [0.2, 0.25) is 29.5 Å². The summed E-state index contributed by atoms with van der Waals surface area (Å²) in [4.78, 5) is 93.5. The Hall–Kier alpha value is -5.49. The predicted octanol–water partition coefficient (Wildman–Crippen LogP) is -0.434.